The summed E-state index contributed by atoms with van der Waals surface area (Å²) in [7, 11) is 1.64. The number of amides is 1. The van der Waals surface area contributed by atoms with Crippen molar-refractivity contribution in [3.05, 3.63) is 73.6 Å². The Bertz CT molecular complexity index is 1420. The van der Waals surface area contributed by atoms with Gasteiger partial charge in [-0.15, -0.1) is 0 Å². The maximum absolute atomic E-state index is 11.7. The van der Waals surface area contributed by atoms with Crippen LogP contribution < -0.4 is 20.3 Å². The van der Waals surface area contributed by atoms with Crippen LogP contribution in [0, 0.1) is 0 Å². The zero-order valence-electron chi connectivity index (χ0n) is 19.9. The van der Waals surface area contributed by atoms with Gasteiger partial charge in [0.2, 0.25) is 11.9 Å². The van der Waals surface area contributed by atoms with Crippen molar-refractivity contribution >= 4 is 40.0 Å². The van der Waals surface area contributed by atoms with Crippen LogP contribution in [0.25, 0.3) is 22.2 Å². The Morgan fingerprint density at radius 1 is 1.14 bits per heavy atom. The molecule has 9 nitrogen and oxygen atoms in total. The van der Waals surface area contributed by atoms with E-state index in [1.165, 1.54) is 6.08 Å². The molecule has 0 spiro atoms. The number of benzene rings is 2. The lowest BCUT2D eigenvalue weighted by Crippen LogP contribution is -2.36. The Balaban J connectivity index is 1.46. The summed E-state index contributed by atoms with van der Waals surface area (Å²) >= 11 is 0. The van der Waals surface area contributed by atoms with Gasteiger partial charge in [0, 0.05) is 42.3 Å². The fraction of sp³-hybridized carbons (Fsp3) is 0.185. The van der Waals surface area contributed by atoms with Crippen LogP contribution in [0.1, 0.15) is 0 Å². The summed E-state index contributed by atoms with van der Waals surface area (Å²) in [5.41, 5.74) is 5.61. The van der Waals surface area contributed by atoms with Gasteiger partial charge in [0.05, 0.1) is 32.2 Å². The second-order valence-electron chi connectivity index (χ2n) is 8.17. The lowest BCUT2D eigenvalue weighted by Gasteiger charge is -2.29. The first kappa shape index (κ1) is 23.3. The molecule has 1 saturated heterocycles. The fourth-order valence-electron chi connectivity index (χ4n) is 4.11. The number of anilines is 4. The molecule has 1 amide bonds. The fourth-order valence-corrected chi connectivity index (χ4v) is 4.11. The third kappa shape index (κ3) is 4.96. The van der Waals surface area contributed by atoms with E-state index >= 15 is 0 Å². The van der Waals surface area contributed by atoms with Crippen molar-refractivity contribution in [1.29, 1.82) is 0 Å². The first-order chi connectivity index (χ1) is 17.6. The Labute approximate surface area is 208 Å². The standard InChI is InChI=1S/C27H26N6O3/c1-3-25(34)30-19-6-4-5-18(15-19)21-9-10-28-23-17-29-27(32-26(21)23)31-22-8-7-20(16-24(22)35-2)33-11-13-36-14-12-33/h3-10,15-17H,1,11-14H2,2H3,(H,30,34)(H,29,31,32). The maximum Gasteiger partial charge on any atom is 0.247 e. The number of carbonyl (C=O) groups is 1. The Morgan fingerprint density at radius 2 is 2.00 bits per heavy atom. The van der Waals surface area contributed by atoms with Crippen molar-refractivity contribution in [3.8, 4) is 16.9 Å². The highest BCUT2D eigenvalue weighted by Gasteiger charge is 2.15. The SMILES string of the molecule is C=CC(=O)Nc1cccc(-c2ccnc3cnc(Nc4ccc(N5CCOCC5)cc4OC)nc23)c1. The minimum Gasteiger partial charge on any atom is -0.494 e. The van der Waals surface area contributed by atoms with Gasteiger partial charge in [-0.3, -0.25) is 9.78 Å². The minimum atomic E-state index is -0.269. The van der Waals surface area contributed by atoms with Crippen LogP contribution in [0.4, 0.5) is 23.0 Å². The maximum atomic E-state index is 11.7. The molecular weight excluding hydrogens is 456 g/mol. The van der Waals surface area contributed by atoms with Crippen LogP contribution in [0.5, 0.6) is 5.75 Å². The van der Waals surface area contributed by atoms with Gasteiger partial charge in [-0.1, -0.05) is 18.7 Å². The quantitative estimate of drug-likeness (QED) is 0.374. The van der Waals surface area contributed by atoms with Crippen molar-refractivity contribution < 1.29 is 14.3 Å². The van der Waals surface area contributed by atoms with Gasteiger partial charge in [-0.05, 0) is 42.0 Å². The van der Waals surface area contributed by atoms with E-state index < -0.39 is 0 Å². The molecule has 1 aliphatic heterocycles. The first-order valence-electron chi connectivity index (χ1n) is 11.6. The van der Waals surface area contributed by atoms with Gasteiger partial charge in [-0.2, -0.15) is 0 Å². The first-order valence-corrected chi connectivity index (χ1v) is 11.6. The van der Waals surface area contributed by atoms with E-state index in [0.29, 0.717) is 41.6 Å². The molecule has 36 heavy (non-hydrogen) atoms. The largest absolute Gasteiger partial charge is 0.494 e. The van der Waals surface area contributed by atoms with E-state index in [0.717, 1.165) is 35.6 Å². The van der Waals surface area contributed by atoms with Crippen LogP contribution >= 0.6 is 0 Å². The number of rotatable bonds is 7. The molecule has 4 aromatic rings. The van der Waals surface area contributed by atoms with E-state index in [1.807, 2.05) is 48.5 Å². The molecule has 2 aromatic carbocycles. The molecule has 0 aliphatic carbocycles. The van der Waals surface area contributed by atoms with Crippen molar-refractivity contribution in [1.82, 2.24) is 15.0 Å². The molecule has 2 N–H and O–H groups in total. The number of hydrogen-bond donors (Lipinski definition) is 2. The van der Waals surface area contributed by atoms with Gasteiger partial charge in [0.15, 0.2) is 0 Å². The number of nitrogens with zero attached hydrogens (tertiary/aromatic N) is 4. The van der Waals surface area contributed by atoms with Crippen molar-refractivity contribution in [2.24, 2.45) is 0 Å². The number of nitrogens with one attached hydrogen (secondary N) is 2. The van der Waals surface area contributed by atoms with E-state index in [4.69, 9.17) is 14.5 Å². The van der Waals surface area contributed by atoms with E-state index in [-0.39, 0.29) is 5.91 Å². The Morgan fingerprint density at radius 3 is 2.81 bits per heavy atom. The summed E-state index contributed by atoms with van der Waals surface area (Å²) in [5, 5.41) is 6.08. The number of aromatic nitrogens is 3. The summed E-state index contributed by atoms with van der Waals surface area (Å²) < 4.78 is 11.1. The average Bonchev–Trinajstić information content (AvgIpc) is 2.93. The molecule has 3 heterocycles. The van der Waals surface area contributed by atoms with E-state index in [9.17, 15) is 4.79 Å². The highest BCUT2D eigenvalue weighted by Crippen LogP contribution is 2.33. The molecule has 0 saturated carbocycles. The zero-order valence-corrected chi connectivity index (χ0v) is 19.9. The molecular formula is C27H26N6O3. The number of pyridine rings is 1. The lowest BCUT2D eigenvalue weighted by molar-refractivity contribution is -0.111. The van der Waals surface area contributed by atoms with Crippen LogP contribution in [-0.2, 0) is 9.53 Å². The molecule has 0 atom stereocenters. The number of hydrogen-bond acceptors (Lipinski definition) is 8. The monoisotopic (exact) mass is 482 g/mol. The molecule has 0 radical (unpaired) electrons. The smallest absolute Gasteiger partial charge is 0.247 e. The third-order valence-corrected chi connectivity index (χ3v) is 5.91. The highest BCUT2D eigenvalue weighted by atomic mass is 16.5. The molecule has 5 rings (SSSR count). The summed E-state index contributed by atoms with van der Waals surface area (Å²) in [4.78, 5) is 27.7. The zero-order chi connectivity index (χ0) is 24.9. The molecule has 1 fully saturated rings. The number of morpholine rings is 1. The molecule has 1 aliphatic rings. The van der Waals surface area contributed by atoms with Crippen LogP contribution in [0.3, 0.4) is 0 Å². The van der Waals surface area contributed by atoms with Crippen molar-refractivity contribution in [2.75, 3.05) is 48.9 Å². The van der Waals surface area contributed by atoms with Crippen LogP contribution in [0.15, 0.2) is 73.6 Å². The molecule has 9 heteroatoms. The van der Waals surface area contributed by atoms with Gasteiger partial charge in [0.25, 0.3) is 0 Å². The molecule has 0 unspecified atom stereocenters. The number of ether oxygens (including phenoxy) is 2. The lowest BCUT2D eigenvalue weighted by atomic mass is 10.0. The normalized spacial score (nSPS) is 13.3. The third-order valence-electron chi connectivity index (χ3n) is 5.91. The average molecular weight is 483 g/mol. The van der Waals surface area contributed by atoms with Crippen LogP contribution in [-0.4, -0.2) is 54.3 Å². The van der Waals surface area contributed by atoms with Gasteiger partial charge in [0.1, 0.15) is 16.8 Å². The van der Waals surface area contributed by atoms with Gasteiger partial charge in [-0.25, -0.2) is 9.97 Å². The predicted molar refractivity (Wildman–Crippen MR) is 141 cm³/mol. The topological polar surface area (TPSA) is 102 Å². The van der Waals surface area contributed by atoms with Crippen LogP contribution in [0.2, 0.25) is 0 Å². The Kier molecular flexibility index (Phi) is 6.72. The van der Waals surface area contributed by atoms with Crippen molar-refractivity contribution in [3.63, 3.8) is 0 Å². The molecule has 0 bridgehead atoms. The minimum absolute atomic E-state index is 0.269. The van der Waals surface area contributed by atoms with Gasteiger partial charge < -0.3 is 25.0 Å². The summed E-state index contributed by atoms with van der Waals surface area (Å²) in [5.74, 6) is 0.846. The summed E-state index contributed by atoms with van der Waals surface area (Å²) in [6.07, 6.45) is 4.64. The molecule has 182 valence electrons. The predicted octanol–water partition coefficient (Wildman–Crippen LogP) is 4.41. The summed E-state index contributed by atoms with van der Waals surface area (Å²) in [6, 6.07) is 15.5. The Hall–Kier alpha value is -4.50. The molecule has 2 aromatic heterocycles. The number of methoxy groups -OCH3 is 1. The number of carbonyl (C=O) groups excluding carboxylic acids is 1. The second kappa shape index (κ2) is 10.4. The second-order valence-corrected chi connectivity index (χ2v) is 8.17. The highest BCUT2D eigenvalue weighted by molar-refractivity contribution is 6.00. The summed E-state index contributed by atoms with van der Waals surface area (Å²) in [6.45, 7) is 6.62. The van der Waals surface area contributed by atoms with E-state index in [2.05, 4.69) is 32.1 Å². The van der Waals surface area contributed by atoms with Gasteiger partial charge >= 0.3 is 0 Å². The van der Waals surface area contributed by atoms with E-state index in [1.54, 1.807) is 19.5 Å². The number of fused-ring (bicyclic) bond motifs is 1. The van der Waals surface area contributed by atoms with Crippen molar-refractivity contribution in [2.45, 2.75) is 0 Å².